The molecule has 1 nitrogen and oxygen atoms in total. The molecule has 0 saturated heterocycles. The fraction of sp³-hybridized carbons (Fsp3) is 0.345. The van der Waals surface area contributed by atoms with Crippen LogP contribution in [-0.2, 0) is 5.41 Å². The summed E-state index contributed by atoms with van der Waals surface area (Å²) in [7, 11) is 0. The van der Waals surface area contributed by atoms with Crippen molar-refractivity contribution in [1.82, 2.24) is 0 Å². The largest absolute Gasteiger partial charge is 0.192 e. The van der Waals surface area contributed by atoms with Crippen molar-refractivity contribution < 1.29 is 0 Å². The maximum Gasteiger partial charge on any atom is 0.0998 e. The van der Waals surface area contributed by atoms with E-state index < -0.39 is 0 Å². The molecule has 0 atom stereocenters. The Morgan fingerprint density at radius 3 is 1.97 bits per heavy atom. The van der Waals surface area contributed by atoms with Crippen LogP contribution in [0.25, 0.3) is 22.3 Å². The van der Waals surface area contributed by atoms with Gasteiger partial charge in [-0.15, -0.1) is 0 Å². The first-order valence-corrected chi connectivity index (χ1v) is 11.5. The van der Waals surface area contributed by atoms with E-state index in [1.54, 1.807) is 11.1 Å². The normalized spacial score (nSPS) is 32.1. The quantitative estimate of drug-likeness (QED) is 0.443. The van der Waals surface area contributed by atoms with Crippen LogP contribution in [0, 0.1) is 35.0 Å². The van der Waals surface area contributed by atoms with Crippen LogP contribution >= 0.6 is 0 Å². The van der Waals surface area contributed by atoms with Crippen LogP contribution in [0.15, 0.2) is 66.7 Å². The standard InChI is InChI=1S/C29H25N/c30-17-20-6-1-2-7-23(20)24-9-5-11-27-28(24)25-8-3-4-10-26(25)29(27)21-13-18-12-19(15-21)16-22(29)14-18/h1-11,18-19,21-22H,12-16H2. The second kappa shape index (κ2) is 5.86. The summed E-state index contributed by atoms with van der Waals surface area (Å²) < 4.78 is 0. The van der Waals surface area contributed by atoms with E-state index in [2.05, 4.69) is 60.7 Å². The van der Waals surface area contributed by atoms with Crippen LogP contribution in [0.1, 0.15) is 48.8 Å². The molecule has 4 saturated carbocycles. The third-order valence-corrected chi connectivity index (χ3v) is 8.92. The number of fused-ring (bicyclic) bond motifs is 3. The summed E-state index contributed by atoms with van der Waals surface area (Å²) in [6.07, 6.45) is 7.09. The molecule has 30 heavy (non-hydrogen) atoms. The minimum Gasteiger partial charge on any atom is -0.192 e. The predicted molar refractivity (Wildman–Crippen MR) is 120 cm³/mol. The summed E-state index contributed by atoms with van der Waals surface area (Å²) >= 11 is 0. The number of hydrogen-bond acceptors (Lipinski definition) is 1. The topological polar surface area (TPSA) is 23.8 Å². The van der Waals surface area contributed by atoms with Gasteiger partial charge in [0, 0.05) is 11.0 Å². The first-order valence-electron chi connectivity index (χ1n) is 11.5. The van der Waals surface area contributed by atoms with Crippen LogP contribution in [0.4, 0.5) is 0 Å². The van der Waals surface area contributed by atoms with Crippen LogP contribution in [0.2, 0.25) is 0 Å². The van der Waals surface area contributed by atoms with Gasteiger partial charge in [-0.1, -0.05) is 60.7 Å². The first-order chi connectivity index (χ1) is 14.8. The molecule has 1 heteroatoms. The van der Waals surface area contributed by atoms with Crippen LogP contribution in [0.5, 0.6) is 0 Å². The Hall–Kier alpha value is -2.85. The van der Waals surface area contributed by atoms with E-state index >= 15 is 0 Å². The molecular weight excluding hydrogens is 362 g/mol. The number of hydrogen-bond donors (Lipinski definition) is 0. The molecule has 4 bridgehead atoms. The molecule has 1 spiro atoms. The lowest BCUT2D eigenvalue weighted by atomic mass is 9.43. The monoisotopic (exact) mass is 387 g/mol. The van der Waals surface area contributed by atoms with E-state index in [1.807, 2.05) is 12.1 Å². The number of nitriles is 1. The Balaban J connectivity index is 1.55. The van der Waals surface area contributed by atoms with Crippen molar-refractivity contribution >= 4 is 0 Å². The van der Waals surface area contributed by atoms with Gasteiger partial charge in [0.1, 0.15) is 0 Å². The molecule has 0 amide bonds. The summed E-state index contributed by atoms with van der Waals surface area (Å²) in [5.41, 5.74) is 9.24. The molecule has 8 rings (SSSR count). The second-order valence-corrected chi connectivity index (χ2v) is 10.1. The predicted octanol–water partition coefficient (Wildman–Crippen LogP) is 6.95. The van der Waals surface area contributed by atoms with Gasteiger partial charge < -0.3 is 0 Å². The summed E-state index contributed by atoms with van der Waals surface area (Å²) in [4.78, 5) is 0. The summed E-state index contributed by atoms with van der Waals surface area (Å²) in [6, 6.07) is 26.7. The Morgan fingerprint density at radius 1 is 0.633 bits per heavy atom. The highest BCUT2D eigenvalue weighted by Gasteiger charge is 2.61. The second-order valence-electron chi connectivity index (χ2n) is 10.1. The molecule has 0 N–H and O–H groups in total. The van der Waals surface area contributed by atoms with Crippen molar-refractivity contribution in [2.75, 3.05) is 0 Å². The Morgan fingerprint density at radius 2 is 1.23 bits per heavy atom. The molecule has 3 aromatic carbocycles. The van der Waals surface area contributed by atoms with Crippen molar-refractivity contribution in [3.05, 3.63) is 83.4 Å². The molecule has 146 valence electrons. The van der Waals surface area contributed by atoms with E-state index in [0.29, 0.717) is 0 Å². The number of nitrogens with zero attached hydrogens (tertiary/aromatic N) is 1. The number of benzene rings is 3. The first kappa shape index (κ1) is 16.9. The maximum absolute atomic E-state index is 9.78. The average molecular weight is 388 g/mol. The van der Waals surface area contributed by atoms with Gasteiger partial charge in [0.2, 0.25) is 0 Å². The van der Waals surface area contributed by atoms with Crippen molar-refractivity contribution in [3.63, 3.8) is 0 Å². The van der Waals surface area contributed by atoms with Crippen molar-refractivity contribution in [2.45, 2.75) is 37.5 Å². The fourth-order valence-corrected chi connectivity index (χ4v) is 8.24. The van der Waals surface area contributed by atoms with Gasteiger partial charge in [0.25, 0.3) is 0 Å². The van der Waals surface area contributed by atoms with E-state index in [9.17, 15) is 5.26 Å². The van der Waals surface area contributed by atoms with E-state index in [0.717, 1.165) is 34.8 Å². The highest BCUT2D eigenvalue weighted by atomic mass is 14.6. The van der Waals surface area contributed by atoms with Gasteiger partial charge in [-0.2, -0.15) is 5.26 Å². The summed E-state index contributed by atoms with van der Waals surface area (Å²) in [5, 5.41) is 9.78. The van der Waals surface area contributed by atoms with Gasteiger partial charge in [-0.3, -0.25) is 0 Å². The Labute approximate surface area is 178 Å². The highest BCUT2D eigenvalue weighted by Crippen LogP contribution is 2.69. The average Bonchev–Trinajstić information content (AvgIpc) is 3.08. The van der Waals surface area contributed by atoms with E-state index in [1.165, 1.54) is 48.8 Å². The van der Waals surface area contributed by atoms with E-state index in [4.69, 9.17) is 0 Å². The molecular formula is C29H25N. The fourth-order valence-electron chi connectivity index (χ4n) is 8.24. The van der Waals surface area contributed by atoms with Crippen LogP contribution < -0.4 is 0 Å². The molecule has 0 aromatic heterocycles. The smallest absolute Gasteiger partial charge is 0.0998 e. The van der Waals surface area contributed by atoms with Gasteiger partial charge in [0.15, 0.2) is 0 Å². The van der Waals surface area contributed by atoms with Crippen molar-refractivity contribution in [3.8, 4) is 28.3 Å². The van der Waals surface area contributed by atoms with Gasteiger partial charge >= 0.3 is 0 Å². The Kier molecular flexibility index (Phi) is 3.30. The zero-order valence-electron chi connectivity index (χ0n) is 17.1. The van der Waals surface area contributed by atoms with Crippen LogP contribution in [0.3, 0.4) is 0 Å². The third kappa shape index (κ3) is 1.93. The molecule has 0 aliphatic heterocycles. The minimum atomic E-state index is 0.191. The molecule has 0 radical (unpaired) electrons. The van der Waals surface area contributed by atoms with Crippen molar-refractivity contribution in [2.24, 2.45) is 23.7 Å². The molecule has 0 unspecified atom stereocenters. The molecule has 3 aromatic rings. The lowest BCUT2D eigenvalue weighted by molar-refractivity contribution is -0.0399. The summed E-state index contributed by atoms with van der Waals surface area (Å²) in [6.45, 7) is 0. The van der Waals surface area contributed by atoms with Gasteiger partial charge in [-0.05, 0) is 89.7 Å². The van der Waals surface area contributed by atoms with Gasteiger partial charge in [0.05, 0.1) is 11.6 Å². The maximum atomic E-state index is 9.78. The zero-order valence-corrected chi connectivity index (χ0v) is 17.1. The molecule has 0 heterocycles. The van der Waals surface area contributed by atoms with Crippen molar-refractivity contribution in [1.29, 1.82) is 5.26 Å². The molecule has 5 aliphatic rings. The van der Waals surface area contributed by atoms with Gasteiger partial charge in [-0.25, -0.2) is 0 Å². The third-order valence-electron chi connectivity index (χ3n) is 8.92. The highest BCUT2D eigenvalue weighted by molar-refractivity contribution is 5.94. The zero-order chi connectivity index (χ0) is 19.9. The number of rotatable bonds is 1. The lowest BCUT2D eigenvalue weighted by Gasteiger charge is -2.61. The van der Waals surface area contributed by atoms with Crippen LogP contribution in [-0.4, -0.2) is 0 Å². The van der Waals surface area contributed by atoms with E-state index in [-0.39, 0.29) is 5.41 Å². The summed E-state index contributed by atoms with van der Waals surface area (Å²) in [5.74, 6) is 3.46. The molecule has 4 fully saturated rings. The lowest BCUT2D eigenvalue weighted by Crippen LogP contribution is -2.55. The Bertz CT molecular complexity index is 1200. The SMILES string of the molecule is N#Cc1ccccc1-c1cccc2c1-c1ccccc1C21C2CC3CC(C2)CC1C3. The minimum absolute atomic E-state index is 0.191. The molecule has 5 aliphatic carbocycles.